The Hall–Kier alpha value is -1.96. The molecule has 0 fully saturated rings. The van der Waals surface area contributed by atoms with Crippen molar-refractivity contribution < 1.29 is 0 Å². The maximum absolute atomic E-state index is 4.95. The minimum atomic E-state index is 1.02. The lowest BCUT2D eigenvalue weighted by molar-refractivity contribution is 0.826. The number of aliphatic imine (C=N–C) groups is 1. The predicted octanol–water partition coefficient (Wildman–Crippen LogP) is 4.46. The van der Waals surface area contributed by atoms with Crippen LogP contribution in [0.1, 0.15) is 40.8 Å². The van der Waals surface area contributed by atoms with Crippen molar-refractivity contribution in [2.24, 2.45) is 4.99 Å². The third-order valence-corrected chi connectivity index (χ3v) is 3.91. The highest BCUT2D eigenvalue weighted by Crippen LogP contribution is 2.28. The molecular weight excluding hydrogens is 244 g/mol. The van der Waals surface area contributed by atoms with Gasteiger partial charge in [-0.15, -0.1) is 0 Å². The van der Waals surface area contributed by atoms with Crippen molar-refractivity contribution in [3.05, 3.63) is 58.4 Å². The van der Waals surface area contributed by atoms with E-state index in [1.54, 1.807) is 0 Å². The Labute approximate surface area is 120 Å². The third kappa shape index (κ3) is 2.38. The van der Waals surface area contributed by atoms with E-state index < -0.39 is 0 Å². The van der Waals surface area contributed by atoms with E-state index >= 15 is 0 Å². The van der Waals surface area contributed by atoms with Crippen molar-refractivity contribution in [3.63, 3.8) is 0 Å². The summed E-state index contributed by atoms with van der Waals surface area (Å²) in [5.41, 5.74) is 8.48. The average molecular weight is 264 g/mol. The molecule has 2 heteroatoms. The molecule has 1 aromatic carbocycles. The fraction of sp³-hybridized carbons (Fsp3) is 0.333. The van der Waals surface area contributed by atoms with E-state index in [0.717, 1.165) is 29.9 Å². The molecule has 0 atom stereocenters. The molecule has 1 aromatic heterocycles. The van der Waals surface area contributed by atoms with Crippen LogP contribution in [0.4, 0.5) is 5.69 Å². The van der Waals surface area contributed by atoms with Crippen molar-refractivity contribution in [2.45, 2.75) is 40.0 Å². The molecule has 102 valence electrons. The van der Waals surface area contributed by atoms with Gasteiger partial charge in [-0.1, -0.05) is 23.8 Å². The summed E-state index contributed by atoms with van der Waals surface area (Å²) in [6.07, 6.45) is 5.18. The SMILES string of the molecule is Cc1cc(C)c(N=C2CCCc3cccnc32)c(C)c1. The molecule has 0 saturated heterocycles. The first kappa shape index (κ1) is 13.0. The monoisotopic (exact) mass is 264 g/mol. The van der Waals surface area contributed by atoms with Crippen LogP contribution in [0.3, 0.4) is 0 Å². The molecule has 0 saturated carbocycles. The molecule has 0 bridgehead atoms. The zero-order chi connectivity index (χ0) is 14.1. The van der Waals surface area contributed by atoms with Crippen LogP contribution in [0.5, 0.6) is 0 Å². The Balaban J connectivity index is 2.11. The van der Waals surface area contributed by atoms with Gasteiger partial charge >= 0.3 is 0 Å². The molecule has 2 aromatic rings. The number of aromatic nitrogens is 1. The number of benzene rings is 1. The van der Waals surface area contributed by atoms with E-state index in [0.29, 0.717) is 0 Å². The molecule has 0 amide bonds. The topological polar surface area (TPSA) is 25.2 Å². The molecular formula is C18H20N2. The van der Waals surface area contributed by atoms with Gasteiger partial charge in [-0.3, -0.25) is 9.98 Å². The van der Waals surface area contributed by atoms with Gasteiger partial charge in [-0.25, -0.2) is 0 Å². The van der Waals surface area contributed by atoms with Gasteiger partial charge in [0, 0.05) is 6.20 Å². The van der Waals surface area contributed by atoms with Gasteiger partial charge < -0.3 is 0 Å². The zero-order valence-electron chi connectivity index (χ0n) is 12.4. The lowest BCUT2D eigenvalue weighted by Gasteiger charge is -2.17. The van der Waals surface area contributed by atoms with Gasteiger partial charge in [0.25, 0.3) is 0 Å². The number of aryl methyl sites for hydroxylation is 4. The van der Waals surface area contributed by atoms with Crippen LogP contribution in [-0.2, 0) is 6.42 Å². The molecule has 2 nitrogen and oxygen atoms in total. The van der Waals surface area contributed by atoms with Crippen LogP contribution in [-0.4, -0.2) is 10.7 Å². The van der Waals surface area contributed by atoms with Crippen LogP contribution < -0.4 is 0 Å². The number of fused-ring (bicyclic) bond motifs is 1. The minimum absolute atomic E-state index is 1.02. The Bertz CT molecular complexity index is 661. The first-order chi connectivity index (χ1) is 9.65. The van der Waals surface area contributed by atoms with Crippen LogP contribution in [0.25, 0.3) is 0 Å². The second kappa shape index (κ2) is 5.20. The summed E-state index contributed by atoms with van der Waals surface area (Å²) in [6, 6.07) is 8.60. The molecule has 0 unspecified atom stereocenters. The van der Waals surface area contributed by atoms with E-state index in [1.807, 2.05) is 12.3 Å². The van der Waals surface area contributed by atoms with Gasteiger partial charge in [0.2, 0.25) is 0 Å². The number of rotatable bonds is 1. The van der Waals surface area contributed by atoms with Crippen molar-refractivity contribution in [3.8, 4) is 0 Å². The highest BCUT2D eigenvalue weighted by atomic mass is 14.8. The molecule has 3 rings (SSSR count). The van der Waals surface area contributed by atoms with E-state index in [1.165, 1.54) is 28.7 Å². The summed E-state index contributed by atoms with van der Waals surface area (Å²) in [4.78, 5) is 9.50. The van der Waals surface area contributed by atoms with Gasteiger partial charge in [0.1, 0.15) is 0 Å². The van der Waals surface area contributed by atoms with E-state index in [-0.39, 0.29) is 0 Å². The third-order valence-electron chi connectivity index (χ3n) is 3.91. The minimum Gasteiger partial charge on any atom is -0.255 e. The van der Waals surface area contributed by atoms with E-state index in [4.69, 9.17) is 4.99 Å². The Kier molecular flexibility index (Phi) is 3.39. The smallest absolute Gasteiger partial charge is 0.0876 e. The zero-order valence-corrected chi connectivity index (χ0v) is 12.4. The molecule has 0 N–H and O–H groups in total. The van der Waals surface area contributed by atoms with Crippen LogP contribution in [0, 0.1) is 20.8 Å². The van der Waals surface area contributed by atoms with Crippen LogP contribution in [0.15, 0.2) is 35.5 Å². The summed E-state index contributed by atoms with van der Waals surface area (Å²) in [5.74, 6) is 0. The highest BCUT2D eigenvalue weighted by molar-refractivity contribution is 6.02. The van der Waals surface area contributed by atoms with Crippen molar-refractivity contribution in [1.82, 2.24) is 4.98 Å². The lowest BCUT2D eigenvalue weighted by atomic mass is 9.94. The fourth-order valence-corrected chi connectivity index (χ4v) is 3.06. The Morgan fingerprint density at radius 3 is 2.55 bits per heavy atom. The average Bonchev–Trinajstić information content (AvgIpc) is 2.43. The van der Waals surface area contributed by atoms with Gasteiger partial charge in [0.05, 0.1) is 17.1 Å². The normalized spacial score (nSPS) is 16.2. The van der Waals surface area contributed by atoms with Gasteiger partial charge in [-0.05, 0) is 62.8 Å². The number of hydrogen-bond acceptors (Lipinski definition) is 2. The summed E-state index contributed by atoms with van der Waals surface area (Å²) in [7, 11) is 0. The van der Waals surface area contributed by atoms with Crippen molar-refractivity contribution in [2.75, 3.05) is 0 Å². The number of hydrogen-bond donors (Lipinski definition) is 0. The lowest BCUT2D eigenvalue weighted by Crippen LogP contribution is -2.13. The van der Waals surface area contributed by atoms with Crippen LogP contribution >= 0.6 is 0 Å². The van der Waals surface area contributed by atoms with Crippen molar-refractivity contribution >= 4 is 11.4 Å². The number of nitrogens with zero attached hydrogens (tertiary/aromatic N) is 2. The summed E-state index contributed by atoms with van der Waals surface area (Å²) in [5, 5.41) is 0. The molecule has 0 radical (unpaired) electrons. The summed E-state index contributed by atoms with van der Waals surface area (Å²) >= 11 is 0. The maximum atomic E-state index is 4.95. The van der Waals surface area contributed by atoms with E-state index in [2.05, 4.69) is 44.0 Å². The van der Waals surface area contributed by atoms with Crippen LogP contribution in [0.2, 0.25) is 0 Å². The largest absolute Gasteiger partial charge is 0.255 e. The maximum Gasteiger partial charge on any atom is 0.0876 e. The molecule has 1 aliphatic carbocycles. The fourth-order valence-electron chi connectivity index (χ4n) is 3.06. The predicted molar refractivity (Wildman–Crippen MR) is 84.0 cm³/mol. The molecule has 1 aliphatic rings. The summed E-state index contributed by atoms with van der Waals surface area (Å²) in [6.45, 7) is 6.41. The molecule has 20 heavy (non-hydrogen) atoms. The molecule has 1 heterocycles. The van der Waals surface area contributed by atoms with E-state index in [9.17, 15) is 0 Å². The summed E-state index contributed by atoms with van der Waals surface area (Å²) < 4.78 is 0. The quantitative estimate of drug-likeness (QED) is 0.746. The highest BCUT2D eigenvalue weighted by Gasteiger charge is 2.17. The standard InChI is InChI=1S/C18H20N2/c1-12-10-13(2)17(14(3)11-12)20-16-8-4-6-15-7-5-9-19-18(15)16/h5,7,9-11H,4,6,8H2,1-3H3. The molecule has 0 spiro atoms. The second-order valence-electron chi connectivity index (χ2n) is 5.67. The van der Waals surface area contributed by atoms with Crippen molar-refractivity contribution in [1.29, 1.82) is 0 Å². The first-order valence-corrected chi connectivity index (χ1v) is 7.25. The Morgan fingerprint density at radius 2 is 1.80 bits per heavy atom. The van der Waals surface area contributed by atoms with Gasteiger partial charge in [-0.2, -0.15) is 0 Å². The molecule has 0 aliphatic heterocycles. The van der Waals surface area contributed by atoms with Gasteiger partial charge in [0.15, 0.2) is 0 Å². The second-order valence-corrected chi connectivity index (χ2v) is 5.67. The number of pyridine rings is 1. The first-order valence-electron chi connectivity index (χ1n) is 7.25. The Morgan fingerprint density at radius 1 is 1.05 bits per heavy atom.